The summed E-state index contributed by atoms with van der Waals surface area (Å²) in [6.07, 6.45) is -0.172. The molecule has 0 unspecified atom stereocenters. The van der Waals surface area contributed by atoms with Crippen molar-refractivity contribution in [3.8, 4) is 5.75 Å². The summed E-state index contributed by atoms with van der Waals surface area (Å²) in [5.41, 5.74) is 1.35. The molecule has 0 aliphatic carbocycles. The first kappa shape index (κ1) is 17.6. The first-order valence-electron chi connectivity index (χ1n) is 7.51. The molecule has 2 amide bonds. The zero-order valence-electron chi connectivity index (χ0n) is 13.7. The van der Waals surface area contributed by atoms with E-state index in [1.165, 1.54) is 7.11 Å². The molecule has 1 aliphatic heterocycles. The normalized spacial score (nSPS) is 15.4. The number of halogens is 1. The smallest absolute Gasteiger partial charge is 0.233 e. The first-order valence-corrected chi connectivity index (χ1v) is 7.89. The number of piperazine rings is 1. The van der Waals surface area contributed by atoms with Gasteiger partial charge in [-0.3, -0.25) is 9.59 Å². The number of nitrogens with one attached hydrogen (secondary N) is 1. The maximum atomic E-state index is 12.2. The summed E-state index contributed by atoms with van der Waals surface area (Å²) in [7, 11) is 3.52. The number of likely N-dealkylation sites (N-methyl/N-ethyl adjacent to an activating group) is 1. The molecule has 1 fully saturated rings. The second-order valence-corrected chi connectivity index (χ2v) is 6.12. The molecule has 1 aromatic rings. The Hall–Kier alpha value is -1.79. The number of hydrogen-bond donors (Lipinski definition) is 1. The largest absolute Gasteiger partial charge is 0.495 e. The Morgan fingerprint density at radius 3 is 2.52 bits per heavy atom. The second-order valence-electron chi connectivity index (χ2n) is 5.71. The molecule has 1 heterocycles. The summed E-state index contributed by atoms with van der Waals surface area (Å²) in [4.78, 5) is 28.2. The lowest BCUT2D eigenvalue weighted by atomic mass is 10.2. The number of hydrogen-bond acceptors (Lipinski definition) is 4. The molecular formula is C16H22ClN3O3. The number of methoxy groups -OCH3 is 1. The van der Waals surface area contributed by atoms with E-state index in [2.05, 4.69) is 10.2 Å². The highest BCUT2D eigenvalue weighted by molar-refractivity contribution is 6.31. The van der Waals surface area contributed by atoms with Gasteiger partial charge in [-0.25, -0.2) is 0 Å². The number of carbonyl (C=O) groups is 2. The van der Waals surface area contributed by atoms with Crippen molar-refractivity contribution < 1.29 is 14.3 Å². The van der Waals surface area contributed by atoms with Crippen LogP contribution in [0, 0.1) is 6.92 Å². The summed E-state index contributed by atoms with van der Waals surface area (Å²) in [5, 5.41) is 3.29. The van der Waals surface area contributed by atoms with Crippen LogP contribution in [-0.4, -0.2) is 62.0 Å². The maximum Gasteiger partial charge on any atom is 0.233 e. The lowest BCUT2D eigenvalue weighted by Gasteiger charge is -2.32. The van der Waals surface area contributed by atoms with Crippen molar-refractivity contribution in [3.63, 3.8) is 0 Å². The molecular weight excluding hydrogens is 318 g/mol. The van der Waals surface area contributed by atoms with Crippen LogP contribution in [0.5, 0.6) is 5.75 Å². The Balaban J connectivity index is 1.97. The number of benzene rings is 1. The van der Waals surface area contributed by atoms with Gasteiger partial charge < -0.3 is 19.9 Å². The molecule has 0 aromatic heterocycles. The van der Waals surface area contributed by atoms with Crippen LogP contribution in [0.1, 0.15) is 12.0 Å². The lowest BCUT2D eigenvalue weighted by Crippen LogP contribution is -2.47. The highest BCUT2D eigenvalue weighted by atomic mass is 35.5. The molecule has 0 saturated carbocycles. The third kappa shape index (κ3) is 4.59. The average molecular weight is 340 g/mol. The van der Waals surface area contributed by atoms with E-state index in [1.54, 1.807) is 17.0 Å². The fraction of sp³-hybridized carbons (Fsp3) is 0.500. The van der Waals surface area contributed by atoms with Gasteiger partial charge in [0.1, 0.15) is 12.2 Å². The molecule has 23 heavy (non-hydrogen) atoms. The van der Waals surface area contributed by atoms with Crippen molar-refractivity contribution in [2.45, 2.75) is 13.3 Å². The summed E-state index contributed by atoms with van der Waals surface area (Å²) >= 11 is 6.04. The highest BCUT2D eigenvalue weighted by Gasteiger charge is 2.21. The van der Waals surface area contributed by atoms with E-state index in [0.717, 1.165) is 18.7 Å². The van der Waals surface area contributed by atoms with Gasteiger partial charge in [-0.05, 0) is 25.6 Å². The standard InChI is InChI=1S/C16H22ClN3O3/c1-11-8-13(14(23-3)9-12(11)17)18-15(21)10-16(22)20-6-4-19(2)5-7-20/h8-9H,4-7,10H2,1-3H3,(H,18,21). The van der Waals surface area contributed by atoms with E-state index < -0.39 is 0 Å². The zero-order valence-corrected chi connectivity index (χ0v) is 14.4. The summed E-state index contributed by atoms with van der Waals surface area (Å²) in [6, 6.07) is 3.38. The molecule has 1 aliphatic rings. The van der Waals surface area contributed by atoms with E-state index in [1.807, 2.05) is 14.0 Å². The Morgan fingerprint density at radius 1 is 1.26 bits per heavy atom. The minimum absolute atomic E-state index is 0.153. The van der Waals surface area contributed by atoms with Gasteiger partial charge in [-0.15, -0.1) is 0 Å². The van der Waals surface area contributed by atoms with Crippen LogP contribution in [0.25, 0.3) is 0 Å². The molecule has 7 heteroatoms. The Morgan fingerprint density at radius 2 is 1.91 bits per heavy atom. The van der Waals surface area contributed by atoms with Gasteiger partial charge in [-0.2, -0.15) is 0 Å². The van der Waals surface area contributed by atoms with Crippen molar-refractivity contribution in [2.75, 3.05) is 45.7 Å². The third-order valence-electron chi connectivity index (χ3n) is 3.92. The summed E-state index contributed by atoms with van der Waals surface area (Å²) < 4.78 is 5.22. The van der Waals surface area contributed by atoms with Crippen molar-refractivity contribution in [2.24, 2.45) is 0 Å². The fourth-order valence-electron chi connectivity index (χ4n) is 2.43. The summed E-state index contributed by atoms with van der Waals surface area (Å²) in [6.45, 7) is 4.82. The van der Waals surface area contributed by atoms with Crippen LogP contribution >= 0.6 is 11.6 Å². The number of nitrogens with zero attached hydrogens (tertiary/aromatic N) is 2. The number of anilines is 1. The van der Waals surface area contributed by atoms with Gasteiger partial charge >= 0.3 is 0 Å². The van der Waals surface area contributed by atoms with Crippen LogP contribution in [0.15, 0.2) is 12.1 Å². The number of carbonyl (C=O) groups excluding carboxylic acids is 2. The molecule has 0 spiro atoms. The Kier molecular flexibility index (Phi) is 5.85. The van der Waals surface area contributed by atoms with Crippen molar-refractivity contribution >= 4 is 29.1 Å². The molecule has 6 nitrogen and oxygen atoms in total. The quantitative estimate of drug-likeness (QED) is 0.849. The third-order valence-corrected chi connectivity index (χ3v) is 4.33. The van der Waals surface area contributed by atoms with Crippen LogP contribution in [-0.2, 0) is 9.59 Å². The minimum atomic E-state index is -0.353. The van der Waals surface area contributed by atoms with Gasteiger partial charge in [-0.1, -0.05) is 11.6 Å². The van der Waals surface area contributed by atoms with E-state index in [4.69, 9.17) is 16.3 Å². The topological polar surface area (TPSA) is 61.9 Å². The highest BCUT2D eigenvalue weighted by Crippen LogP contribution is 2.31. The Bertz CT molecular complexity index is 598. The van der Waals surface area contributed by atoms with E-state index in [9.17, 15) is 9.59 Å². The van der Waals surface area contributed by atoms with Crippen LogP contribution in [0.3, 0.4) is 0 Å². The number of rotatable bonds is 4. The number of amides is 2. The van der Waals surface area contributed by atoms with Crippen molar-refractivity contribution in [1.29, 1.82) is 0 Å². The monoisotopic (exact) mass is 339 g/mol. The lowest BCUT2D eigenvalue weighted by molar-refractivity contribution is -0.135. The number of ether oxygens (including phenoxy) is 1. The predicted molar refractivity (Wildman–Crippen MR) is 90.1 cm³/mol. The molecule has 1 N–H and O–H groups in total. The van der Waals surface area contributed by atoms with E-state index in [0.29, 0.717) is 29.5 Å². The van der Waals surface area contributed by atoms with Crippen molar-refractivity contribution in [1.82, 2.24) is 9.80 Å². The predicted octanol–water partition coefficient (Wildman–Crippen LogP) is 1.76. The van der Waals surface area contributed by atoms with E-state index in [-0.39, 0.29) is 18.2 Å². The van der Waals surface area contributed by atoms with Gasteiger partial charge in [0.15, 0.2) is 0 Å². The summed E-state index contributed by atoms with van der Waals surface area (Å²) in [5.74, 6) is -0.0322. The van der Waals surface area contributed by atoms with Crippen LogP contribution in [0.4, 0.5) is 5.69 Å². The van der Waals surface area contributed by atoms with Gasteiger partial charge in [0.25, 0.3) is 0 Å². The molecule has 0 bridgehead atoms. The molecule has 2 rings (SSSR count). The molecule has 126 valence electrons. The average Bonchev–Trinajstić information content (AvgIpc) is 2.51. The van der Waals surface area contributed by atoms with E-state index >= 15 is 0 Å². The molecule has 0 radical (unpaired) electrons. The van der Waals surface area contributed by atoms with Crippen molar-refractivity contribution in [3.05, 3.63) is 22.7 Å². The zero-order chi connectivity index (χ0) is 17.0. The maximum absolute atomic E-state index is 12.2. The molecule has 0 atom stereocenters. The van der Waals surface area contributed by atoms with Crippen LogP contribution in [0.2, 0.25) is 5.02 Å². The fourth-order valence-corrected chi connectivity index (χ4v) is 2.58. The second kappa shape index (κ2) is 7.66. The molecule has 1 aromatic carbocycles. The first-order chi connectivity index (χ1) is 10.9. The Labute approximate surface area is 141 Å². The SMILES string of the molecule is COc1cc(Cl)c(C)cc1NC(=O)CC(=O)N1CCN(C)CC1. The van der Waals surface area contributed by atoms with Gasteiger partial charge in [0.2, 0.25) is 11.8 Å². The van der Waals surface area contributed by atoms with Crippen LogP contribution < -0.4 is 10.1 Å². The molecule has 1 saturated heterocycles. The minimum Gasteiger partial charge on any atom is -0.495 e. The van der Waals surface area contributed by atoms with Gasteiger partial charge in [0.05, 0.1) is 12.8 Å². The number of aryl methyl sites for hydroxylation is 1. The van der Waals surface area contributed by atoms with Gasteiger partial charge in [0, 0.05) is 37.3 Å².